The Hall–Kier alpha value is -6.26. The van der Waals surface area contributed by atoms with Gasteiger partial charge in [0, 0.05) is 45.5 Å². The van der Waals surface area contributed by atoms with Crippen molar-refractivity contribution in [3.05, 3.63) is 187 Å². The summed E-state index contributed by atoms with van der Waals surface area (Å²) >= 11 is 0. The van der Waals surface area contributed by atoms with E-state index in [-0.39, 0.29) is 11.5 Å². The third-order valence-electron chi connectivity index (χ3n) is 10.3. The fourth-order valence-electron chi connectivity index (χ4n) is 7.83. The van der Waals surface area contributed by atoms with Gasteiger partial charge in [0.15, 0.2) is 0 Å². The van der Waals surface area contributed by atoms with Crippen LogP contribution in [0.4, 0.5) is 28.4 Å². The molecule has 4 heteroatoms. The molecule has 1 aromatic heterocycles. The molecule has 0 N–H and O–H groups in total. The number of aromatic nitrogens is 2. The lowest BCUT2D eigenvalue weighted by Crippen LogP contribution is -2.28. The Morgan fingerprint density at radius 3 is 1.87 bits per heavy atom. The van der Waals surface area contributed by atoms with Crippen molar-refractivity contribution >= 4 is 39.5 Å². The molecule has 1 aliphatic heterocycles. The van der Waals surface area contributed by atoms with Gasteiger partial charge in [-0.25, -0.2) is 9.97 Å². The Morgan fingerprint density at radius 1 is 0.538 bits per heavy atom. The lowest BCUT2D eigenvalue weighted by Gasteiger charge is -2.30. The van der Waals surface area contributed by atoms with Crippen LogP contribution < -0.4 is 9.80 Å². The van der Waals surface area contributed by atoms with E-state index >= 15 is 0 Å². The highest BCUT2D eigenvalue weighted by Crippen LogP contribution is 2.48. The predicted molar refractivity (Wildman–Crippen MR) is 217 cm³/mol. The number of allylic oxidation sites excluding steroid dienone is 2. The summed E-state index contributed by atoms with van der Waals surface area (Å²) in [6, 6.07) is 54.2. The van der Waals surface area contributed by atoms with Crippen LogP contribution in [0.15, 0.2) is 176 Å². The SMILES string of the molecule is CC(C)(C)c1cccc2nc(-c3ccccc3)c(-c3ccc(N(c4ccccc4)c4ccc(N5c6ccccc6C6C=CC=CC65)cc4)cc3)nc12. The molecule has 2 unspecified atom stereocenters. The molecule has 4 nitrogen and oxygen atoms in total. The van der Waals surface area contributed by atoms with E-state index in [1.54, 1.807) is 0 Å². The maximum absolute atomic E-state index is 5.38. The normalized spacial score (nSPS) is 16.2. The molecule has 0 amide bonds. The van der Waals surface area contributed by atoms with Crippen molar-refractivity contribution in [3.63, 3.8) is 0 Å². The lowest BCUT2D eigenvalue weighted by molar-refractivity contribution is 0.594. The molecule has 7 aromatic rings. The molecule has 0 saturated carbocycles. The topological polar surface area (TPSA) is 32.3 Å². The molecule has 0 bridgehead atoms. The molecule has 0 radical (unpaired) electrons. The molecule has 9 rings (SSSR count). The Bertz CT molecular complexity index is 2440. The van der Waals surface area contributed by atoms with Gasteiger partial charge in [-0.1, -0.05) is 136 Å². The lowest BCUT2D eigenvalue weighted by atomic mass is 9.86. The fourth-order valence-corrected chi connectivity index (χ4v) is 7.83. The molecule has 0 fully saturated rings. The minimum atomic E-state index is -0.0701. The number of fused-ring (bicyclic) bond motifs is 4. The zero-order chi connectivity index (χ0) is 35.2. The molecule has 252 valence electrons. The molecular formula is C48H40N4. The second-order valence-corrected chi connectivity index (χ2v) is 14.7. The number of anilines is 5. The van der Waals surface area contributed by atoms with E-state index in [0.717, 1.165) is 50.6 Å². The minimum Gasteiger partial charge on any atom is -0.333 e. The van der Waals surface area contributed by atoms with Gasteiger partial charge in [0.25, 0.3) is 0 Å². The second kappa shape index (κ2) is 12.8. The fraction of sp³-hybridized carbons (Fsp3) is 0.125. The van der Waals surface area contributed by atoms with Crippen LogP contribution in [-0.2, 0) is 5.41 Å². The Morgan fingerprint density at radius 2 is 1.13 bits per heavy atom. The Labute approximate surface area is 306 Å². The van der Waals surface area contributed by atoms with Gasteiger partial charge in [0.05, 0.1) is 28.5 Å². The average Bonchev–Trinajstić information content (AvgIpc) is 3.53. The van der Waals surface area contributed by atoms with Gasteiger partial charge in [-0.15, -0.1) is 0 Å². The highest BCUT2D eigenvalue weighted by atomic mass is 15.2. The Balaban J connectivity index is 1.12. The third-order valence-corrected chi connectivity index (χ3v) is 10.3. The summed E-state index contributed by atoms with van der Waals surface area (Å²) in [6.07, 6.45) is 8.99. The van der Waals surface area contributed by atoms with Crippen LogP contribution in [-0.4, -0.2) is 16.0 Å². The highest BCUT2D eigenvalue weighted by molar-refractivity contribution is 5.89. The van der Waals surface area contributed by atoms with Crippen LogP contribution in [0, 0.1) is 0 Å². The Kier molecular flexibility index (Phi) is 7.81. The van der Waals surface area contributed by atoms with Gasteiger partial charge in [0.1, 0.15) is 0 Å². The third kappa shape index (κ3) is 5.57. The molecular weight excluding hydrogens is 633 g/mol. The smallest absolute Gasteiger partial charge is 0.0973 e. The average molecular weight is 673 g/mol. The van der Waals surface area contributed by atoms with Gasteiger partial charge in [-0.2, -0.15) is 0 Å². The number of rotatable bonds is 6. The van der Waals surface area contributed by atoms with Crippen molar-refractivity contribution in [2.24, 2.45) is 0 Å². The second-order valence-electron chi connectivity index (χ2n) is 14.7. The van der Waals surface area contributed by atoms with Gasteiger partial charge >= 0.3 is 0 Å². The molecule has 1 aliphatic carbocycles. The monoisotopic (exact) mass is 672 g/mol. The van der Waals surface area contributed by atoms with Crippen LogP contribution >= 0.6 is 0 Å². The van der Waals surface area contributed by atoms with Gasteiger partial charge < -0.3 is 9.80 Å². The molecule has 0 spiro atoms. The zero-order valence-electron chi connectivity index (χ0n) is 29.7. The van der Waals surface area contributed by atoms with Crippen LogP contribution in [0.25, 0.3) is 33.5 Å². The van der Waals surface area contributed by atoms with E-state index < -0.39 is 0 Å². The van der Waals surface area contributed by atoms with Crippen molar-refractivity contribution in [2.45, 2.75) is 38.1 Å². The first kappa shape index (κ1) is 31.7. The summed E-state index contributed by atoms with van der Waals surface area (Å²) < 4.78 is 0. The van der Waals surface area contributed by atoms with Crippen molar-refractivity contribution in [2.75, 3.05) is 9.80 Å². The first-order valence-corrected chi connectivity index (χ1v) is 18.1. The first-order chi connectivity index (χ1) is 25.4. The number of nitrogens with zero attached hydrogens (tertiary/aromatic N) is 4. The number of hydrogen-bond acceptors (Lipinski definition) is 4. The quantitative estimate of drug-likeness (QED) is 0.176. The molecule has 0 saturated heterocycles. The number of benzene rings is 6. The summed E-state index contributed by atoms with van der Waals surface area (Å²) in [7, 11) is 0. The van der Waals surface area contributed by atoms with E-state index in [9.17, 15) is 0 Å². The number of para-hydroxylation sites is 3. The van der Waals surface area contributed by atoms with Crippen LogP contribution in [0.3, 0.4) is 0 Å². The van der Waals surface area contributed by atoms with Gasteiger partial charge in [-0.3, -0.25) is 0 Å². The summed E-state index contributed by atoms with van der Waals surface area (Å²) in [5.41, 5.74) is 13.9. The molecule has 6 aromatic carbocycles. The van der Waals surface area contributed by atoms with E-state index in [2.05, 4.69) is 200 Å². The van der Waals surface area contributed by atoms with Crippen LogP contribution in [0.1, 0.15) is 37.8 Å². The van der Waals surface area contributed by atoms with Crippen molar-refractivity contribution in [1.29, 1.82) is 0 Å². The summed E-state index contributed by atoms with van der Waals surface area (Å²) in [5.74, 6) is 0.356. The standard InChI is InChI=1S/C48H40N4/c1-48(2,3)41-21-14-22-42-47(41)50-46(45(49-42)33-15-6-4-7-16-33)34-25-27-36(28-26-34)51(35-17-8-5-9-18-35)37-29-31-38(32-30-37)52-43-23-12-10-19-39(43)40-20-11-13-24-44(40)52/h4-32,39,43H,1-3H3. The minimum absolute atomic E-state index is 0.0701. The highest BCUT2D eigenvalue weighted by Gasteiger charge is 2.37. The van der Waals surface area contributed by atoms with Gasteiger partial charge in [0.2, 0.25) is 0 Å². The number of hydrogen-bond donors (Lipinski definition) is 0. The summed E-state index contributed by atoms with van der Waals surface area (Å²) in [5, 5.41) is 0. The van der Waals surface area contributed by atoms with Crippen LogP contribution in [0.2, 0.25) is 0 Å². The zero-order valence-corrected chi connectivity index (χ0v) is 29.7. The predicted octanol–water partition coefficient (Wildman–Crippen LogP) is 12.5. The van der Waals surface area contributed by atoms with E-state index in [4.69, 9.17) is 9.97 Å². The summed E-state index contributed by atoms with van der Waals surface area (Å²) in [4.78, 5) is 15.4. The first-order valence-electron chi connectivity index (χ1n) is 18.1. The largest absolute Gasteiger partial charge is 0.333 e. The molecule has 2 aliphatic rings. The molecule has 52 heavy (non-hydrogen) atoms. The maximum Gasteiger partial charge on any atom is 0.0973 e. The van der Waals surface area contributed by atoms with E-state index in [1.165, 1.54) is 22.5 Å². The van der Waals surface area contributed by atoms with Gasteiger partial charge in [-0.05, 0) is 77.2 Å². The van der Waals surface area contributed by atoms with Crippen molar-refractivity contribution in [3.8, 4) is 22.5 Å². The van der Waals surface area contributed by atoms with E-state index in [0.29, 0.717) is 5.92 Å². The summed E-state index contributed by atoms with van der Waals surface area (Å²) in [6.45, 7) is 6.70. The van der Waals surface area contributed by atoms with Crippen LogP contribution in [0.5, 0.6) is 0 Å². The molecule has 2 atom stereocenters. The van der Waals surface area contributed by atoms with E-state index in [1.807, 2.05) is 6.07 Å². The van der Waals surface area contributed by atoms with Crippen molar-refractivity contribution in [1.82, 2.24) is 9.97 Å². The van der Waals surface area contributed by atoms with Crippen molar-refractivity contribution < 1.29 is 0 Å². The molecule has 2 heterocycles. The maximum atomic E-state index is 5.38.